The van der Waals surface area contributed by atoms with Gasteiger partial charge in [-0.25, -0.2) is 0 Å². The van der Waals surface area contributed by atoms with Crippen molar-refractivity contribution in [3.05, 3.63) is 61.0 Å². The molecule has 2 aromatic rings. The molecule has 4 rings (SSSR count). The molecule has 0 aliphatic carbocycles. The largest absolute Gasteiger partial charge is 0.490 e. The minimum absolute atomic E-state index is 0.193. The highest BCUT2D eigenvalue weighted by atomic mass is 127. The molecule has 10 heteroatoms. The van der Waals surface area contributed by atoms with E-state index >= 15 is 0 Å². The number of thioether (sulfide) groups is 1. The molecule has 2 heterocycles. The lowest BCUT2D eigenvalue weighted by Gasteiger charge is -2.18. The first kappa shape index (κ1) is 25.8. The molecule has 0 spiro atoms. The maximum Gasteiger partial charge on any atom is 0.294 e. The van der Waals surface area contributed by atoms with Crippen molar-refractivity contribution in [1.82, 2.24) is 9.80 Å². The van der Waals surface area contributed by atoms with Crippen LogP contribution in [0.4, 0.5) is 4.79 Å². The summed E-state index contributed by atoms with van der Waals surface area (Å²) < 4.78 is 12.7. The first-order valence-corrected chi connectivity index (χ1v) is 13.5. The normalized spacial score (nSPS) is 16.9. The van der Waals surface area contributed by atoms with Gasteiger partial charge in [-0.15, -0.1) is 0 Å². The number of imide groups is 1. The maximum absolute atomic E-state index is 12.9. The number of carbonyl (C=O) groups is 3. The Bertz CT molecular complexity index is 1170. The Balaban J connectivity index is 1.51. The van der Waals surface area contributed by atoms with Crippen LogP contribution in [0.3, 0.4) is 0 Å². The molecular formula is C25H24ClIN2O5S. The van der Waals surface area contributed by atoms with E-state index in [1.165, 1.54) is 0 Å². The van der Waals surface area contributed by atoms with Gasteiger partial charge in [0.05, 0.1) is 15.1 Å². The lowest BCUT2D eigenvalue weighted by atomic mass is 10.1. The molecule has 2 aliphatic rings. The Morgan fingerprint density at radius 1 is 1.14 bits per heavy atom. The summed E-state index contributed by atoms with van der Waals surface area (Å²) in [5, 5.41) is 0.226. The zero-order valence-electron chi connectivity index (χ0n) is 19.1. The van der Waals surface area contributed by atoms with Crippen LogP contribution in [0.1, 0.15) is 30.9 Å². The van der Waals surface area contributed by atoms with E-state index in [2.05, 4.69) is 22.6 Å². The standard InChI is InChI=1S/C25H24ClIN2O5S/c1-2-33-20-12-17(11-19(27)23(20)34-15-16-5-7-18(26)8-6-16)13-21-24(31)29(25(32)35-21)14-22(30)28-9-3-4-10-28/h5-8,11-13H,2-4,9-10,14-15H2,1H3/b21-13+. The van der Waals surface area contributed by atoms with Crippen LogP contribution in [-0.2, 0) is 16.2 Å². The molecular weight excluding hydrogens is 603 g/mol. The molecule has 0 atom stereocenters. The minimum atomic E-state index is -0.455. The highest BCUT2D eigenvalue weighted by Gasteiger charge is 2.37. The molecule has 35 heavy (non-hydrogen) atoms. The Hall–Kier alpha value is -2.24. The van der Waals surface area contributed by atoms with Crippen molar-refractivity contribution in [2.75, 3.05) is 26.2 Å². The fourth-order valence-corrected chi connectivity index (χ4v) is 5.55. The van der Waals surface area contributed by atoms with Crippen LogP contribution in [0.15, 0.2) is 41.3 Å². The third-order valence-corrected chi connectivity index (χ3v) is 7.51. The lowest BCUT2D eigenvalue weighted by Crippen LogP contribution is -2.40. The maximum atomic E-state index is 12.9. The number of ether oxygens (including phenoxy) is 2. The topological polar surface area (TPSA) is 76.2 Å². The molecule has 7 nitrogen and oxygen atoms in total. The van der Waals surface area contributed by atoms with Gasteiger partial charge < -0.3 is 14.4 Å². The number of hydrogen-bond donors (Lipinski definition) is 0. The first-order valence-electron chi connectivity index (χ1n) is 11.2. The van der Waals surface area contributed by atoms with Crippen LogP contribution in [0.2, 0.25) is 5.02 Å². The van der Waals surface area contributed by atoms with Gasteiger partial charge in [0, 0.05) is 18.1 Å². The Kier molecular flexibility index (Phi) is 8.61. The second kappa shape index (κ2) is 11.7. The summed E-state index contributed by atoms with van der Waals surface area (Å²) in [7, 11) is 0. The predicted molar refractivity (Wildman–Crippen MR) is 145 cm³/mol. The van der Waals surface area contributed by atoms with E-state index in [1.807, 2.05) is 37.3 Å². The van der Waals surface area contributed by atoms with Crippen LogP contribution < -0.4 is 9.47 Å². The zero-order chi connectivity index (χ0) is 24.9. The van der Waals surface area contributed by atoms with E-state index in [4.69, 9.17) is 21.1 Å². The van der Waals surface area contributed by atoms with Crippen molar-refractivity contribution in [1.29, 1.82) is 0 Å². The van der Waals surface area contributed by atoms with Crippen molar-refractivity contribution in [2.24, 2.45) is 0 Å². The van der Waals surface area contributed by atoms with E-state index in [9.17, 15) is 14.4 Å². The monoisotopic (exact) mass is 626 g/mol. The molecule has 2 aromatic carbocycles. The smallest absolute Gasteiger partial charge is 0.294 e. The van der Waals surface area contributed by atoms with E-state index in [1.54, 1.807) is 17.0 Å². The summed E-state index contributed by atoms with van der Waals surface area (Å²) in [5.41, 5.74) is 1.67. The number of carbonyl (C=O) groups excluding carboxylic acids is 3. The highest BCUT2D eigenvalue weighted by Crippen LogP contribution is 2.38. The summed E-state index contributed by atoms with van der Waals surface area (Å²) in [4.78, 5) is 40.8. The number of halogens is 2. The molecule has 3 amide bonds. The van der Waals surface area contributed by atoms with Gasteiger partial charge in [-0.3, -0.25) is 19.3 Å². The predicted octanol–water partition coefficient (Wildman–Crippen LogP) is 5.58. The first-order chi connectivity index (χ1) is 16.9. The van der Waals surface area contributed by atoms with Crippen LogP contribution in [-0.4, -0.2) is 53.1 Å². The molecule has 0 saturated carbocycles. The summed E-state index contributed by atoms with van der Waals surface area (Å²) in [6.45, 7) is 3.79. The second-order valence-electron chi connectivity index (χ2n) is 8.03. The second-order valence-corrected chi connectivity index (χ2v) is 10.6. The fourth-order valence-electron chi connectivity index (χ4n) is 3.80. The van der Waals surface area contributed by atoms with Crippen molar-refractivity contribution in [3.63, 3.8) is 0 Å². The molecule has 0 unspecified atom stereocenters. The van der Waals surface area contributed by atoms with Crippen LogP contribution >= 0.6 is 46.0 Å². The fraction of sp³-hybridized carbons (Fsp3) is 0.320. The summed E-state index contributed by atoms with van der Waals surface area (Å²) in [5.74, 6) is 0.497. The molecule has 0 N–H and O–H groups in total. The Morgan fingerprint density at radius 2 is 1.86 bits per heavy atom. The minimum Gasteiger partial charge on any atom is -0.490 e. The molecule has 2 fully saturated rings. The number of rotatable bonds is 8. The van der Waals surface area contributed by atoms with E-state index < -0.39 is 11.1 Å². The quantitative estimate of drug-likeness (QED) is 0.281. The van der Waals surface area contributed by atoms with Crippen LogP contribution in [0.5, 0.6) is 11.5 Å². The number of hydrogen-bond acceptors (Lipinski definition) is 6. The molecule has 0 aromatic heterocycles. The Morgan fingerprint density at radius 3 is 2.54 bits per heavy atom. The van der Waals surface area contributed by atoms with Gasteiger partial charge in [0.1, 0.15) is 13.2 Å². The van der Waals surface area contributed by atoms with Crippen molar-refractivity contribution < 1.29 is 23.9 Å². The Labute approximate surface area is 226 Å². The third kappa shape index (κ3) is 6.31. The van der Waals surface area contributed by atoms with Crippen molar-refractivity contribution in [2.45, 2.75) is 26.4 Å². The van der Waals surface area contributed by atoms with E-state index in [0.717, 1.165) is 38.6 Å². The van der Waals surface area contributed by atoms with E-state index in [-0.39, 0.29) is 17.4 Å². The van der Waals surface area contributed by atoms with Crippen LogP contribution in [0.25, 0.3) is 6.08 Å². The van der Waals surface area contributed by atoms with E-state index in [0.29, 0.717) is 48.4 Å². The average molecular weight is 627 g/mol. The summed E-state index contributed by atoms with van der Waals surface area (Å²) >= 11 is 8.96. The van der Waals surface area contributed by atoms with Gasteiger partial charge in [0.15, 0.2) is 11.5 Å². The highest BCUT2D eigenvalue weighted by molar-refractivity contribution is 14.1. The van der Waals surface area contributed by atoms with Gasteiger partial charge in [0.25, 0.3) is 11.1 Å². The molecule has 184 valence electrons. The van der Waals surface area contributed by atoms with Gasteiger partial charge in [0.2, 0.25) is 5.91 Å². The summed E-state index contributed by atoms with van der Waals surface area (Å²) in [6.07, 6.45) is 3.56. The summed E-state index contributed by atoms with van der Waals surface area (Å²) in [6, 6.07) is 11.1. The van der Waals surface area contributed by atoms with Crippen molar-refractivity contribution >= 4 is 69.1 Å². The van der Waals surface area contributed by atoms with Gasteiger partial charge in [-0.2, -0.15) is 0 Å². The average Bonchev–Trinajstić information content (AvgIpc) is 3.45. The SMILES string of the molecule is CCOc1cc(/C=C2/SC(=O)N(CC(=O)N3CCCC3)C2=O)cc(I)c1OCc1ccc(Cl)cc1. The third-order valence-electron chi connectivity index (χ3n) is 5.55. The van der Waals surface area contributed by atoms with Gasteiger partial charge in [-0.05, 0) is 95.6 Å². The number of benzene rings is 2. The number of amides is 3. The number of likely N-dealkylation sites (tertiary alicyclic amines) is 1. The molecule has 0 bridgehead atoms. The van der Waals surface area contributed by atoms with Gasteiger partial charge in [-0.1, -0.05) is 23.7 Å². The lowest BCUT2D eigenvalue weighted by molar-refractivity contribution is -0.135. The molecule has 2 aliphatic heterocycles. The molecule has 0 radical (unpaired) electrons. The van der Waals surface area contributed by atoms with Crippen LogP contribution in [0, 0.1) is 3.57 Å². The van der Waals surface area contributed by atoms with Crippen molar-refractivity contribution in [3.8, 4) is 11.5 Å². The number of nitrogens with zero attached hydrogens (tertiary/aromatic N) is 2. The molecule has 2 saturated heterocycles. The zero-order valence-corrected chi connectivity index (χ0v) is 22.8. The van der Waals surface area contributed by atoms with Gasteiger partial charge >= 0.3 is 0 Å².